The first-order valence-electron chi connectivity index (χ1n) is 9.42. The molecule has 1 amide bonds. The highest BCUT2D eigenvalue weighted by atomic mass is 35.5. The van der Waals surface area contributed by atoms with Crippen LogP contribution in [0.15, 0.2) is 42.5 Å². The number of hydrogen-bond donors (Lipinski definition) is 2. The molecule has 27 heavy (non-hydrogen) atoms. The predicted octanol–water partition coefficient (Wildman–Crippen LogP) is 2.18. The summed E-state index contributed by atoms with van der Waals surface area (Å²) in [7, 11) is 0. The first kappa shape index (κ1) is 18.1. The van der Waals surface area contributed by atoms with Crippen molar-refractivity contribution in [3.05, 3.63) is 58.6 Å². The van der Waals surface area contributed by atoms with Crippen LogP contribution < -0.4 is 19.7 Å². The number of quaternary nitrogens is 1. The zero-order chi connectivity index (χ0) is 18.6. The summed E-state index contributed by atoms with van der Waals surface area (Å²) in [5.74, 6) is 1.88. The Hall–Kier alpha value is -2.24. The van der Waals surface area contributed by atoms with Gasteiger partial charge in [0.05, 0.1) is 13.1 Å². The third-order valence-electron chi connectivity index (χ3n) is 5.37. The minimum absolute atomic E-state index is 0.0907. The maximum atomic E-state index is 12.5. The molecule has 0 atom stereocenters. The van der Waals surface area contributed by atoms with E-state index in [1.165, 1.54) is 10.5 Å². The molecule has 2 aliphatic rings. The van der Waals surface area contributed by atoms with E-state index in [9.17, 15) is 4.79 Å². The molecule has 2 aromatic carbocycles. The van der Waals surface area contributed by atoms with Crippen LogP contribution in [0.3, 0.4) is 0 Å². The van der Waals surface area contributed by atoms with Crippen LogP contribution in [0.5, 0.6) is 11.5 Å². The molecule has 2 aromatic rings. The van der Waals surface area contributed by atoms with E-state index < -0.39 is 0 Å². The smallest absolute Gasteiger partial charge is 0.231 e. The van der Waals surface area contributed by atoms with Crippen molar-refractivity contribution >= 4 is 17.5 Å². The number of carbonyl (C=O) groups is 1. The van der Waals surface area contributed by atoms with E-state index in [4.69, 9.17) is 21.1 Å². The average molecular weight is 388 g/mol. The molecule has 4 rings (SSSR count). The molecule has 0 aromatic heterocycles. The quantitative estimate of drug-likeness (QED) is 0.826. The molecule has 2 aliphatic heterocycles. The fourth-order valence-corrected chi connectivity index (χ4v) is 3.98. The number of ether oxygens (including phenoxy) is 2. The van der Waals surface area contributed by atoms with Crippen molar-refractivity contribution < 1.29 is 19.2 Å². The molecule has 0 saturated carbocycles. The number of nitrogens with one attached hydrogen (secondary N) is 2. The molecule has 1 fully saturated rings. The molecule has 0 spiro atoms. The number of rotatable bonds is 5. The molecule has 6 heteroatoms. The van der Waals surface area contributed by atoms with E-state index in [1.807, 2.05) is 30.3 Å². The second kappa shape index (κ2) is 8.19. The van der Waals surface area contributed by atoms with Gasteiger partial charge in [0.15, 0.2) is 11.5 Å². The van der Waals surface area contributed by atoms with Crippen LogP contribution >= 0.6 is 11.6 Å². The van der Waals surface area contributed by atoms with Crippen LogP contribution in [0.2, 0.25) is 5.02 Å². The van der Waals surface area contributed by atoms with Gasteiger partial charge in [0, 0.05) is 35.9 Å². The van der Waals surface area contributed by atoms with Gasteiger partial charge >= 0.3 is 0 Å². The predicted molar refractivity (Wildman–Crippen MR) is 103 cm³/mol. The minimum Gasteiger partial charge on any atom is -0.454 e. The normalized spacial score (nSPS) is 21.1. The van der Waals surface area contributed by atoms with E-state index in [0.717, 1.165) is 49.5 Å². The van der Waals surface area contributed by atoms with Gasteiger partial charge in [0.2, 0.25) is 12.7 Å². The fourth-order valence-electron chi connectivity index (χ4n) is 3.77. The number of piperidine rings is 1. The van der Waals surface area contributed by atoms with E-state index >= 15 is 0 Å². The molecule has 142 valence electrons. The Morgan fingerprint density at radius 1 is 1.11 bits per heavy atom. The summed E-state index contributed by atoms with van der Waals surface area (Å²) in [6, 6.07) is 13.8. The van der Waals surface area contributed by atoms with Crippen molar-refractivity contribution in [3.8, 4) is 11.5 Å². The number of hydrogen-bond acceptors (Lipinski definition) is 3. The molecule has 1 saturated heterocycles. The van der Waals surface area contributed by atoms with Gasteiger partial charge in [-0.25, -0.2) is 0 Å². The number of amides is 1. The summed E-state index contributed by atoms with van der Waals surface area (Å²) in [5.41, 5.74) is 2.20. The van der Waals surface area contributed by atoms with Gasteiger partial charge in [-0.2, -0.15) is 0 Å². The molecular weight excluding hydrogens is 364 g/mol. The lowest BCUT2D eigenvalue weighted by molar-refractivity contribution is -0.919. The molecule has 5 nitrogen and oxygen atoms in total. The van der Waals surface area contributed by atoms with Crippen molar-refractivity contribution in [1.82, 2.24) is 5.32 Å². The zero-order valence-corrected chi connectivity index (χ0v) is 15.9. The lowest BCUT2D eigenvalue weighted by Crippen LogP contribution is -3.11. The van der Waals surface area contributed by atoms with Crippen molar-refractivity contribution in [2.45, 2.75) is 25.9 Å². The first-order valence-corrected chi connectivity index (χ1v) is 9.80. The average Bonchev–Trinajstić information content (AvgIpc) is 3.15. The summed E-state index contributed by atoms with van der Waals surface area (Å²) >= 11 is 6.15. The monoisotopic (exact) mass is 387 g/mol. The van der Waals surface area contributed by atoms with Crippen LogP contribution in [-0.2, 0) is 17.9 Å². The van der Waals surface area contributed by atoms with Crippen LogP contribution in [-0.4, -0.2) is 25.8 Å². The zero-order valence-electron chi connectivity index (χ0n) is 15.2. The van der Waals surface area contributed by atoms with Crippen molar-refractivity contribution in [1.29, 1.82) is 0 Å². The second-order valence-electron chi connectivity index (χ2n) is 7.20. The van der Waals surface area contributed by atoms with E-state index in [-0.39, 0.29) is 11.8 Å². The van der Waals surface area contributed by atoms with Gasteiger partial charge in [-0.05, 0) is 29.8 Å². The molecule has 2 heterocycles. The molecule has 0 unspecified atom stereocenters. The summed E-state index contributed by atoms with van der Waals surface area (Å²) in [6.45, 7) is 3.74. The van der Waals surface area contributed by atoms with Gasteiger partial charge in [0.25, 0.3) is 0 Å². The summed E-state index contributed by atoms with van der Waals surface area (Å²) < 4.78 is 10.8. The van der Waals surface area contributed by atoms with Gasteiger partial charge in [-0.3, -0.25) is 4.79 Å². The Kier molecular flexibility index (Phi) is 5.50. The Morgan fingerprint density at radius 2 is 1.89 bits per heavy atom. The highest BCUT2D eigenvalue weighted by molar-refractivity contribution is 6.31. The molecular formula is C21H24ClN2O3+. The number of benzene rings is 2. The molecule has 0 radical (unpaired) electrons. The third kappa shape index (κ3) is 4.37. The fraction of sp³-hybridized carbons (Fsp3) is 0.381. The van der Waals surface area contributed by atoms with Crippen LogP contribution in [0.25, 0.3) is 0 Å². The van der Waals surface area contributed by atoms with Gasteiger partial charge in [-0.15, -0.1) is 0 Å². The maximum Gasteiger partial charge on any atom is 0.231 e. The van der Waals surface area contributed by atoms with Gasteiger partial charge in [0.1, 0.15) is 6.54 Å². The molecule has 0 bridgehead atoms. The van der Waals surface area contributed by atoms with E-state index in [1.54, 1.807) is 0 Å². The third-order valence-corrected chi connectivity index (χ3v) is 5.73. The minimum atomic E-state index is 0.0907. The number of carbonyl (C=O) groups excluding carboxylic acids is 1. The molecule has 0 aliphatic carbocycles. The van der Waals surface area contributed by atoms with Gasteiger partial charge in [-0.1, -0.05) is 29.8 Å². The van der Waals surface area contributed by atoms with Crippen LogP contribution in [0, 0.1) is 5.92 Å². The SMILES string of the molecule is O=C(NCc1ccccc1Cl)C1CC[NH+](Cc2ccc3c(c2)OCO3)CC1. The Morgan fingerprint density at radius 3 is 2.70 bits per heavy atom. The van der Waals surface area contributed by atoms with Crippen molar-refractivity contribution in [2.75, 3.05) is 19.9 Å². The van der Waals surface area contributed by atoms with Crippen molar-refractivity contribution in [2.24, 2.45) is 5.92 Å². The summed E-state index contributed by atoms with van der Waals surface area (Å²) in [5, 5.41) is 3.73. The number of fused-ring (bicyclic) bond motifs is 1. The Bertz CT molecular complexity index is 819. The van der Waals surface area contributed by atoms with E-state index in [0.29, 0.717) is 18.4 Å². The van der Waals surface area contributed by atoms with Gasteiger partial charge < -0.3 is 19.7 Å². The highest BCUT2D eigenvalue weighted by Crippen LogP contribution is 2.32. The Labute approximate surface area is 164 Å². The topological polar surface area (TPSA) is 52.0 Å². The van der Waals surface area contributed by atoms with Crippen LogP contribution in [0.1, 0.15) is 24.0 Å². The Balaban J connectivity index is 1.25. The summed E-state index contributed by atoms with van der Waals surface area (Å²) in [4.78, 5) is 14.0. The first-order chi connectivity index (χ1) is 13.2. The summed E-state index contributed by atoms with van der Waals surface area (Å²) in [6.07, 6.45) is 1.82. The lowest BCUT2D eigenvalue weighted by atomic mass is 9.95. The highest BCUT2D eigenvalue weighted by Gasteiger charge is 2.27. The second-order valence-corrected chi connectivity index (χ2v) is 7.61. The number of likely N-dealkylation sites (tertiary alicyclic amines) is 1. The van der Waals surface area contributed by atoms with E-state index in [2.05, 4.69) is 17.4 Å². The molecule has 2 N–H and O–H groups in total. The van der Waals surface area contributed by atoms with Crippen LogP contribution in [0.4, 0.5) is 0 Å². The van der Waals surface area contributed by atoms with Crippen molar-refractivity contribution in [3.63, 3.8) is 0 Å². The standard InChI is InChI=1S/C21H23ClN2O3/c22-18-4-2-1-3-17(18)12-23-21(25)16-7-9-24(10-8-16)13-15-5-6-19-20(11-15)27-14-26-19/h1-6,11,16H,7-10,12-14H2,(H,23,25)/p+1. The lowest BCUT2D eigenvalue weighted by Gasteiger charge is -2.28. The largest absolute Gasteiger partial charge is 0.454 e. The number of halogens is 1. The maximum absolute atomic E-state index is 12.5.